The highest BCUT2D eigenvalue weighted by atomic mass is 127. The van der Waals surface area contributed by atoms with Gasteiger partial charge in [-0.25, -0.2) is 4.79 Å². The van der Waals surface area contributed by atoms with Crippen LogP contribution in [0, 0.1) is 0 Å². The molecule has 0 spiro atoms. The highest BCUT2D eigenvalue weighted by Gasteiger charge is 2.00. The molecule has 0 aliphatic rings. The molecule has 0 N–H and O–H groups in total. The Hall–Kier alpha value is 0. The first-order chi connectivity index (χ1) is 6.31. The van der Waals surface area contributed by atoms with Crippen LogP contribution in [0.25, 0.3) is 0 Å². The fourth-order valence-corrected chi connectivity index (χ4v) is 1.20. The summed E-state index contributed by atoms with van der Waals surface area (Å²) in [6.07, 6.45) is 5.24. The molecule has 0 bridgehead atoms. The number of carbonyl (C=O) groups is 1. The van der Waals surface area contributed by atoms with Crippen molar-refractivity contribution in [3.63, 3.8) is 0 Å². The van der Waals surface area contributed by atoms with Gasteiger partial charge in [-0.05, 0) is 29.0 Å². The summed E-state index contributed by atoms with van der Waals surface area (Å²) >= 11 is 1.96. The molecule has 0 aliphatic heterocycles. The van der Waals surface area contributed by atoms with E-state index in [2.05, 4.69) is 11.7 Å². The van der Waals surface area contributed by atoms with E-state index >= 15 is 0 Å². The van der Waals surface area contributed by atoms with Gasteiger partial charge in [0.25, 0.3) is 0 Å². The topological polar surface area (TPSA) is 35.5 Å². The third-order valence-corrected chi connectivity index (χ3v) is 1.95. The van der Waals surface area contributed by atoms with Crippen molar-refractivity contribution in [1.82, 2.24) is 0 Å². The lowest BCUT2D eigenvalue weighted by molar-refractivity contribution is 0.0694. The third kappa shape index (κ3) is 9.92. The lowest BCUT2D eigenvalue weighted by atomic mass is 10.2. The molecule has 0 fully saturated rings. The number of hydrogen-bond donors (Lipinski definition) is 0. The van der Waals surface area contributed by atoms with E-state index in [9.17, 15) is 4.79 Å². The normalized spacial score (nSPS) is 9.69. The summed E-state index contributed by atoms with van der Waals surface area (Å²) in [5.74, 6) is 0. The smallest absolute Gasteiger partial charge is 0.434 e. The summed E-state index contributed by atoms with van der Waals surface area (Å²) < 4.78 is 9.75. The minimum atomic E-state index is -0.551. The van der Waals surface area contributed by atoms with Gasteiger partial charge in [0.15, 0.2) is 0 Å². The molecule has 0 aromatic heterocycles. The Morgan fingerprint density at radius 1 is 1.15 bits per heavy atom. The first-order valence-electron chi connectivity index (χ1n) is 4.66. The molecule has 4 heteroatoms. The second kappa shape index (κ2) is 10.1. The van der Waals surface area contributed by atoms with E-state index in [4.69, 9.17) is 4.74 Å². The van der Waals surface area contributed by atoms with Crippen molar-refractivity contribution in [3.8, 4) is 0 Å². The van der Waals surface area contributed by atoms with E-state index in [0.717, 1.165) is 12.8 Å². The molecule has 0 atom stereocenters. The Morgan fingerprint density at radius 3 is 2.46 bits per heavy atom. The van der Waals surface area contributed by atoms with Crippen LogP contribution in [0.4, 0.5) is 4.79 Å². The Morgan fingerprint density at radius 2 is 1.85 bits per heavy atom. The first-order valence-corrected chi connectivity index (χ1v) is 6.19. The fraction of sp³-hybridized carbons (Fsp3) is 0.889. The lowest BCUT2D eigenvalue weighted by Crippen LogP contribution is -2.06. The SMILES string of the molecule is CCCCCCCOC(=O)OCI. The second-order valence-electron chi connectivity index (χ2n) is 2.77. The molecule has 0 amide bonds. The zero-order valence-electron chi connectivity index (χ0n) is 8.05. The number of carbonyl (C=O) groups excluding carboxylic acids is 1. The van der Waals surface area contributed by atoms with Crippen LogP contribution in [0.2, 0.25) is 0 Å². The van der Waals surface area contributed by atoms with E-state index < -0.39 is 6.16 Å². The highest BCUT2D eigenvalue weighted by molar-refractivity contribution is 14.1. The van der Waals surface area contributed by atoms with Crippen molar-refractivity contribution in [2.24, 2.45) is 0 Å². The molecule has 13 heavy (non-hydrogen) atoms. The number of unbranched alkanes of at least 4 members (excludes halogenated alkanes) is 4. The van der Waals surface area contributed by atoms with E-state index in [-0.39, 0.29) is 0 Å². The van der Waals surface area contributed by atoms with E-state index in [1.165, 1.54) is 19.3 Å². The molecule has 0 saturated carbocycles. The average molecular weight is 300 g/mol. The average Bonchev–Trinajstić information content (AvgIpc) is 2.11. The highest BCUT2D eigenvalue weighted by Crippen LogP contribution is 2.02. The zero-order valence-corrected chi connectivity index (χ0v) is 10.2. The molecule has 0 unspecified atom stereocenters. The number of ether oxygens (including phenoxy) is 2. The van der Waals surface area contributed by atoms with Crippen molar-refractivity contribution >= 4 is 28.7 Å². The van der Waals surface area contributed by atoms with Crippen molar-refractivity contribution in [2.45, 2.75) is 39.0 Å². The molecule has 0 radical (unpaired) electrons. The van der Waals surface area contributed by atoms with Gasteiger partial charge in [0, 0.05) is 0 Å². The zero-order chi connectivity index (χ0) is 9.94. The molecule has 0 aromatic rings. The number of hydrogen-bond acceptors (Lipinski definition) is 3. The van der Waals surface area contributed by atoms with Gasteiger partial charge in [0.05, 0.1) is 6.61 Å². The Labute approximate surface area is 93.3 Å². The minimum absolute atomic E-state index is 0.354. The molecule has 78 valence electrons. The fourth-order valence-electron chi connectivity index (χ4n) is 0.947. The predicted molar refractivity (Wildman–Crippen MR) is 60.1 cm³/mol. The van der Waals surface area contributed by atoms with Crippen LogP contribution >= 0.6 is 22.6 Å². The van der Waals surface area contributed by atoms with Crippen molar-refractivity contribution in [2.75, 3.05) is 11.2 Å². The maximum Gasteiger partial charge on any atom is 0.509 e. The molecule has 0 aliphatic carbocycles. The van der Waals surface area contributed by atoms with Crippen LogP contribution in [0.15, 0.2) is 0 Å². The Kier molecular flexibility index (Phi) is 10.1. The van der Waals surface area contributed by atoms with Gasteiger partial charge in [-0.1, -0.05) is 32.6 Å². The quantitative estimate of drug-likeness (QED) is 0.312. The summed E-state index contributed by atoms with van der Waals surface area (Å²) in [6.45, 7) is 2.66. The maximum atomic E-state index is 10.7. The Bertz CT molecular complexity index is 128. The van der Waals surface area contributed by atoms with Gasteiger partial charge in [-0.15, -0.1) is 0 Å². The molecule has 3 nitrogen and oxygen atoms in total. The van der Waals surface area contributed by atoms with Crippen molar-refractivity contribution < 1.29 is 14.3 Å². The van der Waals surface area contributed by atoms with Crippen molar-refractivity contribution in [1.29, 1.82) is 0 Å². The van der Waals surface area contributed by atoms with E-state index in [0.29, 0.717) is 11.2 Å². The molecule has 0 rings (SSSR count). The van der Waals surface area contributed by atoms with Gasteiger partial charge in [-0.3, -0.25) is 0 Å². The maximum absolute atomic E-state index is 10.7. The van der Waals surface area contributed by atoms with Crippen LogP contribution in [0.1, 0.15) is 39.0 Å². The van der Waals surface area contributed by atoms with Gasteiger partial charge < -0.3 is 9.47 Å². The van der Waals surface area contributed by atoms with Gasteiger partial charge in [0.2, 0.25) is 0 Å². The summed E-state index contributed by atoms with van der Waals surface area (Å²) in [6, 6.07) is 0. The number of rotatable bonds is 7. The van der Waals surface area contributed by atoms with E-state index in [1.807, 2.05) is 22.6 Å². The molecular weight excluding hydrogens is 283 g/mol. The second-order valence-corrected chi connectivity index (χ2v) is 3.39. The summed E-state index contributed by atoms with van der Waals surface area (Å²) in [7, 11) is 0. The van der Waals surface area contributed by atoms with Gasteiger partial charge >= 0.3 is 6.16 Å². The predicted octanol–water partition coefficient (Wildman–Crippen LogP) is 3.50. The summed E-state index contributed by atoms with van der Waals surface area (Å²) in [5.41, 5.74) is 0. The van der Waals surface area contributed by atoms with Crippen LogP contribution in [0.3, 0.4) is 0 Å². The van der Waals surface area contributed by atoms with Gasteiger partial charge in [-0.2, -0.15) is 0 Å². The minimum Gasteiger partial charge on any atom is -0.434 e. The van der Waals surface area contributed by atoms with Crippen molar-refractivity contribution in [3.05, 3.63) is 0 Å². The first kappa shape index (κ1) is 13.0. The van der Waals surface area contributed by atoms with Crippen LogP contribution in [-0.4, -0.2) is 17.4 Å². The molecular formula is C9H17IO3. The molecule has 0 saturated heterocycles. The monoisotopic (exact) mass is 300 g/mol. The largest absolute Gasteiger partial charge is 0.509 e. The summed E-state index contributed by atoms with van der Waals surface area (Å²) in [4.78, 5) is 10.7. The molecule has 0 heterocycles. The number of halogens is 1. The van der Waals surface area contributed by atoms with E-state index in [1.54, 1.807) is 0 Å². The van der Waals surface area contributed by atoms with Crippen LogP contribution in [0.5, 0.6) is 0 Å². The van der Waals surface area contributed by atoms with Gasteiger partial charge in [0.1, 0.15) is 4.61 Å². The van der Waals surface area contributed by atoms with Crippen LogP contribution in [-0.2, 0) is 9.47 Å². The standard InChI is InChI=1S/C9H17IO3/c1-2-3-4-5-6-7-12-9(11)13-8-10/h2-8H2,1H3. The van der Waals surface area contributed by atoms with Crippen LogP contribution < -0.4 is 0 Å². The Balaban J connectivity index is 3.02. The number of alkyl halides is 1. The summed E-state index contributed by atoms with van der Waals surface area (Å²) in [5, 5.41) is 0. The molecule has 0 aromatic carbocycles. The third-order valence-electron chi connectivity index (χ3n) is 1.64. The lowest BCUT2D eigenvalue weighted by Gasteiger charge is -2.03.